The molecule has 1 N–H and O–H groups in total. The van der Waals surface area contributed by atoms with E-state index in [-0.39, 0.29) is 23.5 Å². The van der Waals surface area contributed by atoms with E-state index in [0.717, 1.165) is 5.56 Å². The van der Waals surface area contributed by atoms with E-state index in [0.29, 0.717) is 22.9 Å². The van der Waals surface area contributed by atoms with Crippen LogP contribution in [0.3, 0.4) is 0 Å². The van der Waals surface area contributed by atoms with Gasteiger partial charge in [-0.15, -0.1) is 0 Å². The number of halogens is 1. The van der Waals surface area contributed by atoms with Gasteiger partial charge in [0.2, 0.25) is 0 Å². The quantitative estimate of drug-likeness (QED) is 0.893. The maximum absolute atomic E-state index is 11.7. The molecule has 21 heavy (non-hydrogen) atoms. The summed E-state index contributed by atoms with van der Waals surface area (Å²) in [6.45, 7) is 0. The van der Waals surface area contributed by atoms with Crippen LogP contribution in [0.4, 0.5) is 0 Å². The van der Waals surface area contributed by atoms with Crippen molar-refractivity contribution in [3.05, 3.63) is 22.7 Å². The molecule has 1 saturated heterocycles. The summed E-state index contributed by atoms with van der Waals surface area (Å²) >= 11 is 6.28. The van der Waals surface area contributed by atoms with Gasteiger partial charge in [0.1, 0.15) is 16.5 Å². The summed E-state index contributed by atoms with van der Waals surface area (Å²) in [4.78, 5) is 0. The van der Waals surface area contributed by atoms with Crippen molar-refractivity contribution in [2.45, 2.75) is 12.5 Å². The Kier molecular flexibility index (Phi) is 5.01. The molecule has 0 spiro atoms. The minimum Gasteiger partial charge on any atom is -0.495 e. The molecule has 1 aliphatic rings. The van der Waals surface area contributed by atoms with Crippen LogP contribution in [0.1, 0.15) is 18.0 Å². The highest BCUT2D eigenvalue weighted by atomic mass is 35.5. The molecule has 1 aromatic carbocycles. The van der Waals surface area contributed by atoms with E-state index in [4.69, 9.17) is 21.1 Å². The first kappa shape index (κ1) is 16.4. The molecule has 0 aromatic heterocycles. The van der Waals surface area contributed by atoms with Crippen LogP contribution in [0.5, 0.6) is 11.5 Å². The number of benzene rings is 1. The van der Waals surface area contributed by atoms with Crippen LogP contribution in [0.2, 0.25) is 5.02 Å². The van der Waals surface area contributed by atoms with Crippen LogP contribution in [-0.4, -0.2) is 41.2 Å². The lowest BCUT2D eigenvalue weighted by atomic mass is 9.92. The Balaban J connectivity index is 2.41. The smallest absolute Gasteiger partial charge is 0.150 e. The van der Waals surface area contributed by atoms with Crippen LogP contribution in [0.15, 0.2) is 12.1 Å². The summed E-state index contributed by atoms with van der Waals surface area (Å²) in [6.07, 6.45) is 0.640. The zero-order valence-corrected chi connectivity index (χ0v) is 13.9. The lowest BCUT2D eigenvalue weighted by Gasteiger charge is -2.25. The Bertz CT molecular complexity index is 618. The van der Waals surface area contributed by atoms with E-state index in [2.05, 4.69) is 5.32 Å². The third-order valence-electron chi connectivity index (χ3n) is 3.90. The highest BCUT2D eigenvalue weighted by Crippen LogP contribution is 2.42. The third kappa shape index (κ3) is 3.27. The van der Waals surface area contributed by atoms with Gasteiger partial charge in [-0.1, -0.05) is 11.6 Å². The fourth-order valence-electron chi connectivity index (χ4n) is 2.89. The van der Waals surface area contributed by atoms with Crippen LogP contribution in [0.25, 0.3) is 0 Å². The number of methoxy groups -OCH3 is 2. The molecular formula is C14H20ClNO4S. The third-order valence-corrected chi connectivity index (χ3v) is 6.05. The van der Waals surface area contributed by atoms with Crippen LogP contribution in [-0.2, 0) is 9.84 Å². The lowest BCUT2D eigenvalue weighted by Crippen LogP contribution is -2.26. The van der Waals surface area contributed by atoms with Crippen molar-refractivity contribution in [1.29, 1.82) is 0 Å². The molecule has 0 saturated carbocycles. The topological polar surface area (TPSA) is 64.6 Å². The number of rotatable bonds is 5. The Morgan fingerprint density at radius 2 is 2.05 bits per heavy atom. The number of hydrogen-bond donors (Lipinski definition) is 1. The summed E-state index contributed by atoms with van der Waals surface area (Å²) in [5.41, 5.74) is 0.855. The highest BCUT2D eigenvalue weighted by Gasteiger charge is 2.35. The molecule has 5 nitrogen and oxygen atoms in total. The highest BCUT2D eigenvalue weighted by molar-refractivity contribution is 7.91. The van der Waals surface area contributed by atoms with Gasteiger partial charge in [-0.3, -0.25) is 0 Å². The second kappa shape index (κ2) is 6.42. The van der Waals surface area contributed by atoms with Gasteiger partial charge in [-0.2, -0.15) is 0 Å². The zero-order valence-electron chi connectivity index (χ0n) is 12.3. The normalized spacial score (nSPS) is 22.0. The molecule has 0 radical (unpaired) electrons. The van der Waals surface area contributed by atoms with E-state index in [9.17, 15) is 8.42 Å². The van der Waals surface area contributed by atoms with Gasteiger partial charge in [-0.05, 0) is 31.5 Å². The Morgan fingerprint density at radius 3 is 2.52 bits per heavy atom. The van der Waals surface area contributed by atoms with E-state index in [1.165, 1.54) is 0 Å². The van der Waals surface area contributed by atoms with Gasteiger partial charge < -0.3 is 14.8 Å². The van der Waals surface area contributed by atoms with Crippen molar-refractivity contribution in [1.82, 2.24) is 5.32 Å². The SMILES string of the molecule is CNC(c1ccc(OC)c(Cl)c1OC)C1CCS(=O)(=O)C1. The second-order valence-electron chi connectivity index (χ2n) is 5.13. The molecule has 1 aliphatic heterocycles. The van der Waals surface area contributed by atoms with Crippen molar-refractivity contribution in [3.63, 3.8) is 0 Å². The average Bonchev–Trinajstić information content (AvgIpc) is 2.80. The minimum absolute atomic E-state index is 0.0124. The number of ether oxygens (including phenoxy) is 2. The van der Waals surface area contributed by atoms with Crippen molar-refractivity contribution >= 4 is 21.4 Å². The Hall–Kier alpha value is -0.980. The monoisotopic (exact) mass is 333 g/mol. The molecule has 118 valence electrons. The molecule has 0 amide bonds. The first-order valence-electron chi connectivity index (χ1n) is 6.71. The van der Waals surface area contributed by atoms with E-state index >= 15 is 0 Å². The van der Waals surface area contributed by atoms with Crippen molar-refractivity contribution in [2.75, 3.05) is 32.8 Å². The fraction of sp³-hybridized carbons (Fsp3) is 0.571. The molecule has 1 heterocycles. The van der Waals surface area contributed by atoms with E-state index in [1.807, 2.05) is 13.1 Å². The number of nitrogens with one attached hydrogen (secondary N) is 1. The van der Waals surface area contributed by atoms with Gasteiger partial charge in [0.25, 0.3) is 0 Å². The lowest BCUT2D eigenvalue weighted by molar-refractivity contribution is 0.366. The van der Waals surface area contributed by atoms with E-state index < -0.39 is 9.84 Å². The van der Waals surface area contributed by atoms with Crippen molar-refractivity contribution in [3.8, 4) is 11.5 Å². The Labute approximate surface area is 130 Å². The van der Waals surface area contributed by atoms with Gasteiger partial charge in [0, 0.05) is 11.6 Å². The molecule has 0 bridgehead atoms. The number of hydrogen-bond acceptors (Lipinski definition) is 5. The summed E-state index contributed by atoms with van der Waals surface area (Å²) < 4.78 is 34.0. The zero-order chi connectivity index (χ0) is 15.6. The minimum atomic E-state index is -2.94. The summed E-state index contributed by atoms with van der Waals surface area (Å²) in [5, 5.41) is 3.60. The van der Waals surface area contributed by atoms with Gasteiger partial charge in [-0.25, -0.2) is 8.42 Å². The molecule has 2 rings (SSSR count). The molecular weight excluding hydrogens is 314 g/mol. The van der Waals surface area contributed by atoms with Gasteiger partial charge in [0.15, 0.2) is 9.84 Å². The number of sulfone groups is 1. The Morgan fingerprint density at radius 1 is 1.33 bits per heavy atom. The van der Waals surface area contributed by atoms with E-state index in [1.54, 1.807) is 20.3 Å². The molecule has 1 aromatic rings. The van der Waals surface area contributed by atoms with Gasteiger partial charge in [0.05, 0.1) is 25.7 Å². The van der Waals surface area contributed by atoms with Crippen molar-refractivity contribution in [2.24, 2.45) is 5.92 Å². The first-order valence-corrected chi connectivity index (χ1v) is 8.91. The molecule has 2 unspecified atom stereocenters. The second-order valence-corrected chi connectivity index (χ2v) is 7.74. The fourth-order valence-corrected chi connectivity index (χ4v) is 5.06. The summed E-state index contributed by atoms with van der Waals surface area (Å²) in [5.74, 6) is 1.50. The molecule has 7 heteroatoms. The molecule has 0 aliphatic carbocycles. The predicted octanol–water partition coefficient (Wildman–Crippen LogP) is 2.05. The van der Waals surface area contributed by atoms with Crippen LogP contribution >= 0.6 is 11.6 Å². The van der Waals surface area contributed by atoms with Crippen molar-refractivity contribution < 1.29 is 17.9 Å². The first-order chi connectivity index (χ1) is 9.93. The van der Waals surface area contributed by atoms with Crippen LogP contribution in [0, 0.1) is 5.92 Å². The predicted molar refractivity (Wildman–Crippen MR) is 83.1 cm³/mol. The molecule has 1 fully saturated rings. The van der Waals surface area contributed by atoms with Gasteiger partial charge >= 0.3 is 0 Å². The summed E-state index contributed by atoms with van der Waals surface area (Å²) in [6, 6.07) is 3.52. The van der Waals surface area contributed by atoms with Crippen LogP contribution < -0.4 is 14.8 Å². The largest absolute Gasteiger partial charge is 0.495 e. The molecule has 2 atom stereocenters. The standard InChI is InChI=1S/C14H20ClNO4S/c1-16-13(9-6-7-21(17,18)8-9)10-4-5-11(19-2)12(15)14(10)20-3/h4-5,9,13,16H,6-8H2,1-3H3. The maximum Gasteiger partial charge on any atom is 0.150 e. The summed E-state index contributed by atoms with van der Waals surface area (Å²) in [7, 11) is 1.96. The average molecular weight is 334 g/mol. The maximum atomic E-state index is 11.7.